The van der Waals surface area contributed by atoms with Gasteiger partial charge in [-0.05, 0) is 38.2 Å². The second-order valence-corrected chi connectivity index (χ2v) is 4.11. The third-order valence-corrected chi connectivity index (χ3v) is 3.01. The summed E-state index contributed by atoms with van der Waals surface area (Å²) in [6, 6.07) is 0. The molecule has 0 aromatic carbocycles. The minimum Gasteiger partial charge on any atom is -0.337 e. The molecular formula is C13H18N2. The van der Waals surface area contributed by atoms with E-state index in [0.717, 1.165) is 25.7 Å². The van der Waals surface area contributed by atoms with E-state index in [4.69, 9.17) is 0 Å². The Balaban J connectivity index is 2.25. The van der Waals surface area contributed by atoms with Gasteiger partial charge in [-0.2, -0.15) is 0 Å². The van der Waals surface area contributed by atoms with E-state index < -0.39 is 0 Å². The van der Waals surface area contributed by atoms with Crippen molar-refractivity contribution in [3.63, 3.8) is 0 Å². The van der Waals surface area contributed by atoms with Crippen molar-refractivity contribution in [3.05, 3.63) is 35.9 Å². The fourth-order valence-electron chi connectivity index (χ4n) is 1.95. The lowest BCUT2D eigenvalue weighted by molar-refractivity contribution is 0.871. The third kappa shape index (κ3) is 2.20. The van der Waals surface area contributed by atoms with Gasteiger partial charge >= 0.3 is 0 Å². The molecular weight excluding hydrogens is 184 g/mol. The van der Waals surface area contributed by atoms with Crippen molar-refractivity contribution in [2.45, 2.75) is 32.6 Å². The van der Waals surface area contributed by atoms with Crippen LogP contribution in [0.3, 0.4) is 0 Å². The topological polar surface area (TPSA) is 17.8 Å². The monoisotopic (exact) mass is 202 g/mol. The summed E-state index contributed by atoms with van der Waals surface area (Å²) in [7, 11) is 2.05. The zero-order valence-corrected chi connectivity index (χ0v) is 9.53. The number of rotatable bonds is 1. The zero-order chi connectivity index (χ0) is 10.7. The number of hydrogen-bond donors (Lipinski definition) is 0. The molecule has 0 saturated heterocycles. The molecule has 0 N–H and O–H groups in total. The van der Waals surface area contributed by atoms with Gasteiger partial charge in [-0.1, -0.05) is 18.2 Å². The minimum absolute atomic E-state index is 1.12. The van der Waals surface area contributed by atoms with Gasteiger partial charge in [-0.15, -0.1) is 0 Å². The molecule has 0 radical (unpaired) electrons. The van der Waals surface area contributed by atoms with Gasteiger partial charge in [0.25, 0.3) is 0 Å². The maximum absolute atomic E-state index is 4.48. The third-order valence-electron chi connectivity index (χ3n) is 3.01. The molecule has 0 unspecified atom stereocenters. The molecule has 0 atom stereocenters. The minimum atomic E-state index is 1.12. The first-order valence-corrected chi connectivity index (χ1v) is 5.61. The molecule has 1 aliphatic rings. The highest BCUT2D eigenvalue weighted by molar-refractivity contribution is 5.64. The summed E-state index contributed by atoms with van der Waals surface area (Å²) in [6.45, 7) is 2.14. The van der Waals surface area contributed by atoms with Crippen LogP contribution in [0.25, 0.3) is 5.57 Å². The van der Waals surface area contributed by atoms with Gasteiger partial charge in [0, 0.05) is 12.7 Å². The van der Waals surface area contributed by atoms with Crippen LogP contribution in [-0.2, 0) is 7.05 Å². The zero-order valence-electron chi connectivity index (χ0n) is 9.53. The average Bonchev–Trinajstić information content (AvgIpc) is 2.48. The molecule has 15 heavy (non-hydrogen) atoms. The second-order valence-electron chi connectivity index (χ2n) is 4.11. The van der Waals surface area contributed by atoms with E-state index in [9.17, 15) is 0 Å². The molecule has 1 aromatic heterocycles. The number of aromatic nitrogens is 2. The molecule has 1 aromatic rings. The Morgan fingerprint density at radius 2 is 2.00 bits per heavy atom. The van der Waals surface area contributed by atoms with Gasteiger partial charge < -0.3 is 4.57 Å². The summed E-state index contributed by atoms with van der Waals surface area (Å²) < 4.78 is 2.09. The van der Waals surface area contributed by atoms with Gasteiger partial charge in [-0.3, -0.25) is 0 Å². The molecule has 80 valence electrons. The second kappa shape index (κ2) is 4.47. The van der Waals surface area contributed by atoms with Crippen molar-refractivity contribution in [2.75, 3.05) is 0 Å². The Morgan fingerprint density at radius 1 is 1.20 bits per heavy atom. The lowest BCUT2D eigenvalue weighted by Crippen LogP contribution is -1.93. The largest absolute Gasteiger partial charge is 0.337 e. The van der Waals surface area contributed by atoms with Crippen molar-refractivity contribution >= 4 is 5.57 Å². The lowest BCUT2D eigenvalue weighted by Gasteiger charge is -2.07. The molecule has 1 aliphatic carbocycles. The van der Waals surface area contributed by atoms with Crippen LogP contribution < -0.4 is 0 Å². The molecule has 0 fully saturated rings. The van der Waals surface area contributed by atoms with Gasteiger partial charge in [0.2, 0.25) is 0 Å². The van der Waals surface area contributed by atoms with Crippen LogP contribution in [0, 0.1) is 6.92 Å². The van der Waals surface area contributed by atoms with Gasteiger partial charge in [-0.25, -0.2) is 4.98 Å². The Kier molecular flexibility index (Phi) is 3.05. The Bertz CT molecular complexity index is 397. The van der Waals surface area contributed by atoms with E-state index in [2.05, 4.69) is 41.8 Å². The number of allylic oxidation sites excluding steroid dienone is 4. The predicted octanol–water partition coefficient (Wildman–Crippen LogP) is 3.24. The number of imidazole rings is 1. The summed E-state index contributed by atoms with van der Waals surface area (Å²) in [5.74, 6) is 0. The van der Waals surface area contributed by atoms with Gasteiger partial charge in [0.05, 0.1) is 12.0 Å². The average molecular weight is 202 g/mol. The molecule has 0 bridgehead atoms. The molecule has 0 aliphatic heterocycles. The molecule has 2 heteroatoms. The molecule has 1 heterocycles. The quantitative estimate of drug-likeness (QED) is 0.639. The van der Waals surface area contributed by atoms with E-state index in [-0.39, 0.29) is 0 Å². The summed E-state index contributed by atoms with van der Waals surface area (Å²) in [5, 5.41) is 0. The highest BCUT2D eigenvalue weighted by atomic mass is 15.0. The summed E-state index contributed by atoms with van der Waals surface area (Å²) >= 11 is 0. The van der Waals surface area contributed by atoms with Crippen molar-refractivity contribution in [1.82, 2.24) is 9.55 Å². The van der Waals surface area contributed by atoms with Gasteiger partial charge in [0.15, 0.2) is 0 Å². The van der Waals surface area contributed by atoms with Crippen LogP contribution in [0.15, 0.2) is 24.6 Å². The van der Waals surface area contributed by atoms with Crippen molar-refractivity contribution in [2.24, 2.45) is 7.05 Å². The first-order valence-electron chi connectivity index (χ1n) is 5.61. The van der Waals surface area contributed by atoms with Crippen molar-refractivity contribution < 1.29 is 0 Å². The smallest absolute Gasteiger partial charge is 0.0953 e. The summed E-state index contributed by atoms with van der Waals surface area (Å²) in [5.41, 5.74) is 3.87. The fourth-order valence-corrected chi connectivity index (χ4v) is 1.95. The maximum atomic E-state index is 4.48. The van der Waals surface area contributed by atoms with E-state index >= 15 is 0 Å². The Labute approximate surface area is 91.3 Å². The van der Waals surface area contributed by atoms with Crippen molar-refractivity contribution in [1.29, 1.82) is 0 Å². The Hall–Kier alpha value is -1.31. The molecule has 2 nitrogen and oxygen atoms in total. The normalized spacial score (nSPS) is 22.7. The molecule has 0 saturated carbocycles. The maximum Gasteiger partial charge on any atom is 0.0953 e. The SMILES string of the molecule is Cc1c(/C2=C/CC/C=C\CC2)ncn1C. The molecule has 2 rings (SSSR count). The number of aryl methyl sites for hydroxylation is 1. The van der Waals surface area contributed by atoms with E-state index in [1.807, 2.05) is 6.33 Å². The van der Waals surface area contributed by atoms with E-state index in [0.29, 0.717) is 0 Å². The molecule has 0 amide bonds. The summed E-state index contributed by atoms with van der Waals surface area (Å²) in [4.78, 5) is 4.48. The van der Waals surface area contributed by atoms with Crippen LogP contribution in [0.5, 0.6) is 0 Å². The highest BCUT2D eigenvalue weighted by Crippen LogP contribution is 2.24. The van der Waals surface area contributed by atoms with Gasteiger partial charge in [0.1, 0.15) is 0 Å². The Morgan fingerprint density at radius 3 is 2.73 bits per heavy atom. The van der Waals surface area contributed by atoms with Crippen LogP contribution in [0.2, 0.25) is 0 Å². The summed E-state index contributed by atoms with van der Waals surface area (Å²) in [6.07, 6.45) is 13.4. The number of nitrogens with zero attached hydrogens (tertiary/aromatic N) is 2. The van der Waals surface area contributed by atoms with E-state index in [1.165, 1.54) is 17.0 Å². The number of hydrogen-bond acceptors (Lipinski definition) is 1. The lowest BCUT2D eigenvalue weighted by atomic mass is 10.0. The predicted molar refractivity (Wildman–Crippen MR) is 63.5 cm³/mol. The van der Waals surface area contributed by atoms with Crippen LogP contribution in [0.1, 0.15) is 37.1 Å². The van der Waals surface area contributed by atoms with Crippen LogP contribution in [-0.4, -0.2) is 9.55 Å². The first kappa shape index (κ1) is 10.2. The van der Waals surface area contributed by atoms with Crippen LogP contribution >= 0.6 is 0 Å². The van der Waals surface area contributed by atoms with Crippen molar-refractivity contribution in [3.8, 4) is 0 Å². The van der Waals surface area contributed by atoms with E-state index in [1.54, 1.807) is 0 Å². The fraction of sp³-hybridized carbons (Fsp3) is 0.462. The first-order chi connectivity index (χ1) is 7.29. The molecule has 0 spiro atoms. The standard InChI is InChI=1S/C13H18N2/c1-11-13(14-10-15(11)2)12-8-6-4-3-5-7-9-12/h3-4,9-10H,5-8H2,1-2H3/b4-3-,12-9+. The highest BCUT2D eigenvalue weighted by Gasteiger charge is 2.09. The van der Waals surface area contributed by atoms with Crippen LogP contribution in [0.4, 0.5) is 0 Å².